The maximum absolute atomic E-state index is 8.45. The van der Waals surface area contributed by atoms with Gasteiger partial charge in [-0.25, -0.2) is 0 Å². The maximum atomic E-state index is 8.45. The summed E-state index contributed by atoms with van der Waals surface area (Å²) >= 11 is 1.70. The summed E-state index contributed by atoms with van der Waals surface area (Å²) in [5.41, 5.74) is 1.20. The van der Waals surface area contributed by atoms with Crippen LogP contribution in [0.2, 0.25) is 0 Å². The van der Waals surface area contributed by atoms with Crippen LogP contribution in [-0.2, 0) is 13.2 Å². The quantitative estimate of drug-likeness (QED) is 0.636. The van der Waals surface area contributed by atoms with E-state index in [9.17, 15) is 0 Å². The van der Waals surface area contributed by atoms with Crippen molar-refractivity contribution in [1.29, 1.82) is 5.26 Å². The van der Waals surface area contributed by atoms with Gasteiger partial charge in [0.15, 0.2) is 6.54 Å². The van der Waals surface area contributed by atoms with E-state index >= 15 is 0 Å². The second-order valence-corrected chi connectivity index (χ2v) is 4.90. The zero-order valence-electron chi connectivity index (χ0n) is 10.0. The van der Waals surface area contributed by atoms with Gasteiger partial charge in [-0.3, -0.25) is 0 Å². The van der Waals surface area contributed by atoms with Crippen molar-refractivity contribution in [3.05, 3.63) is 52.2 Å². The zero-order chi connectivity index (χ0) is 12.6. The number of nitrogens with two attached hydrogens (primary N) is 1. The van der Waals surface area contributed by atoms with Crippen molar-refractivity contribution in [3.63, 3.8) is 0 Å². The normalized spacial score (nSPS) is 9.94. The molecule has 1 aromatic carbocycles. The number of rotatable bonds is 6. The molecule has 92 valence electrons. The molecular weight excluding hydrogens is 244 g/mol. The summed E-state index contributed by atoms with van der Waals surface area (Å²) in [6.45, 7) is 1.95. The minimum atomic E-state index is 0.497. The van der Waals surface area contributed by atoms with E-state index in [4.69, 9.17) is 10.00 Å². The fourth-order valence-electron chi connectivity index (χ4n) is 1.57. The van der Waals surface area contributed by atoms with Gasteiger partial charge in [0.2, 0.25) is 0 Å². The van der Waals surface area contributed by atoms with Gasteiger partial charge in [-0.15, -0.1) is 11.3 Å². The predicted molar refractivity (Wildman–Crippen MR) is 71.2 cm³/mol. The van der Waals surface area contributed by atoms with E-state index < -0.39 is 0 Å². The number of ether oxygens (including phenoxy) is 1. The van der Waals surface area contributed by atoms with Crippen molar-refractivity contribution in [2.45, 2.75) is 13.2 Å². The fourth-order valence-corrected chi connectivity index (χ4v) is 2.19. The van der Waals surface area contributed by atoms with Crippen molar-refractivity contribution in [3.8, 4) is 11.8 Å². The number of hydrogen-bond donors (Lipinski definition) is 1. The van der Waals surface area contributed by atoms with Crippen LogP contribution < -0.4 is 10.1 Å². The first kappa shape index (κ1) is 12.6. The molecule has 4 heteroatoms. The second-order valence-electron chi connectivity index (χ2n) is 3.87. The summed E-state index contributed by atoms with van der Waals surface area (Å²) in [5.74, 6) is 0.882. The number of thiophene rings is 1. The van der Waals surface area contributed by atoms with Crippen molar-refractivity contribution in [1.82, 2.24) is 0 Å². The van der Waals surface area contributed by atoms with Gasteiger partial charge in [-0.1, -0.05) is 6.07 Å². The van der Waals surface area contributed by atoms with Gasteiger partial charge in [-0.2, -0.15) is 5.26 Å². The van der Waals surface area contributed by atoms with E-state index in [0.29, 0.717) is 13.2 Å². The van der Waals surface area contributed by atoms with E-state index in [2.05, 4.69) is 12.1 Å². The van der Waals surface area contributed by atoms with Crippen LogP contribution in [-0.4, -0.2) is 6.54 Å². The molecule has 2 aromatic rings. The highest BCUT2D eigenvalue weighted by atomic mass is 32.1. The molecule has 2 N–H and O–H groups in total. The van der Waals surface area contributed by atoms with E-state index in [1.165, 1.54) is 10.4 Å². The Hall–Kier alpha value is -1.83. The van der Waals surface area contributed by atoms with E-state index in [1.807, 2.05) is 41.0 Å². The van der Waals surface area contributed by atoms with Crippen LogP contribution in [0.25, 0.3) is 0 Å². The van der Waals surface area contributed by atoms with Gasteiger partial charge in [0.25, 0.3) is 0 Å². The Bertz CT molecular complexity index is 500. The Morgan fingerprint density at radius 2 is 2.06 bits per heavy atom. The molecule has 2 rings (SSSR count). The van der Waals surface area contributed by atoms with E-state index in [1.54, 1.807) is 11.3 Å². The topological polar surface area (TPSA) is 49.6 Å². The van der Waals surface area contributed by atoms with Crippen LogP contribution in [0, 0.1) is 11.3 Å². The number of benzene rings is 1. The second kappa shape index (κ2) is 6.80. The van der Waals surface area contributed by atoms with Gasteiger partial charge in [-0.05, 0) is 35.7 Å². The lowest BCUT2D eigenvalue weighted by molar-refractivity contribution is -0.660. The first-order valence-corrected chi connectivity index (χ1v) is 6.69. The zero-order valence-corrected chi connectivity index (χ0v) is 10.8. The summed E-state index contributed by atoms with van der Waals surface area (Å²) in [6.07, 6.45) is 0. The SMILES string of the molecule is N#CC[NH2+]Cc1ccc(OCc2cccs2)cc1. The van der Waals surface area contributed by atoms with Gasteiger partial charge in [0.1, 0.15) is 25.0 Å². The van der Waals surface area contributed by atoms with Crippen LogP contribution in [0.1, 0.15) is 10.4 Å². The Morgan fingerprint density at radius 3 is 2.72 bits per heavy atom. The molecule has 1 aromatic heterocycles. The smallest absolute Gasteiger partial charge is 0.163 e. The highest BCUT2D eigenvalue weighted by Gasteiger charge is 1.99. The van der Waals surface area contributed by atoms with Gasteiger partial charge in [0.05, 0.1) is 0 Å². The predicted octanol–water partition coefficient (Wildman–Crippen LogP) is 1.91. The number of quaternary nitrogens is 1. The van der Waals surface area contributed by atoms with Crippen LogP contribution in [0.3, 0.4) is 0 Å². The summed E-state index contributed by atoms with van der Waals surface area (Å²) in [4.78, 5) is 1.22. The Labute approximate surface area is 111 Å². The molecule has 18 heavy (non-hydrogen) atoms. The fraction of sp³-hybridized carbons (Fsp3) is 0.214. The van der Waals surface area contributed by atoms with Gasteiger partial charge >= 0.3 is 0 Å². The lowest BCUT2D eigenvalue weighted by atomic mass is 10.2. The van der Waals surface area contributed by atoms with Crippen LogP contribution in [0.5, 0.6) is 5.75 Å². The summed E-state index contributed by atoms with van der Waals surface area (Å²) in [5, 5.41) is 12.5. The van der Waals surface area contributed by atoms with Crippen molar-refractivity contribution in [2.24, 2.45) is 0 Å². The minimum Gasteiger partial charge on any atom is -0.488 e. The maximum Gasteiger partial charge on any atom is 0.163 e. The molecular formula is C14H15N2OS+. The van der Waals surface area contributed by atoms with E-state index in [-0.39, 0.29) is 0 Å². The van der Waals surface area contributed by atoms with Crippen molar-refractivity contribution in [2.75, 3.05) is 6.54 Å². The van der Waals surface area contributed by atoms with E-state index in [0.717, 1.165) is 12.3 Å². The Morgan fingerprint density at radius 1 is 1.22 bits per heavy atom. The minimum absolute atomic E-state index is 0.497. The monoisotopic (exact) mass is 259 g/mol. The largest absolute Gasteiger partial charge is 0.488 e. The third-order valence-corrected chi connectivity index (χ3v) is 3.35. The lowest BCUT2D eigenvalue weighted by Crippen LogP contribution is -2.82. The van der Waals surface area contributed by atoms with Crippen LogP contribution in [0.15, 0.2) is 41.8 Å². The highest BCUT2D eigenvalue weighted by molar-refractivity contribution is 7.09. The molecule has 0 bridgehead atoms. The molecule has 0 radical (unpaired) electrons. The average Bonchev–Trinajstić information content (AvgIpc) is 2.91. The third-order valence-electron chi connectivity index (χ3n) is 2.50. The van der Waals surface area contributed by atoms with Crippen LogP contribution in [0.4, 0.5) is 0 Å². The number of nitriles is 1. The molecule has 0 aliphatic rings. The molecule has 0 fully saturated rings. The standard InChI is InChI=1S/C14H14N2OS/c15-7-8-16-10-12-3-5-13(6-4-12)17-11-14-2-1-9-18-14/h1-6,9,16H,8,10-11H2/p+1. The molecule has 0 amide bonds. The molecule has 0 saturated carbocycles. The third kappa shape index (κ3) is 3.88. The van der Waals surface area contributed by atoms with Crippen LogP contribution >= 0.6 is 11.3 Å². The first-order valence-electron chi connectivity index (χ1n) is 5.81. The highest BCUT2D eigenvalue weighted by Crippen LogP contribution is 2.15. The molecule has 0 saturated heterocycles. The lowest BCUT2D eigenvalue weighted by Gasteiger charge is -2.05. The summed E-state index contributed by atoms with van der Waals surface area (Å²) in [7, 11) is 0. The van der Waals surface area contributed by atoms with Crippen molar-refractivity contribution < 1.29 is 10.1 Å². The average molecular weight is 259 g/mol. The molecule has 0 spiro atoms. The van der Waals surface area contributed by atoms with Gasteiger partial charge < -0.3 is 10.1 Å². The van der Waals surface area contributed by atoms with Crippen molar-refractivity contribution >= 4 is 11.3 Å². The summed E-state index contributed by atoms with van der Waals surface area (Å²) in [6, 6.07) is 14.2. The molecule has 0 aliphatic heterocycles. The number of nitrogens with zero attached hydrogens (tertiary/aromatic N) is 1. The first-order chi connectivity index (χ1) is 8.88. The molecule has 1 heterocycles. The molecule has 3 nitrogen and oxygen atoms in total. The Kier molecular flexibility index (Phi) is 4.77. The Balaban J connectivity index is 1.82. The van der Waals surface area contributed by atoms with Gasteiger partial charge in [0, 0.05) is 10.4 Å². The number of hydrogen-bond acceptors (Lipinski definition) is 3. The molecule has 0 atom stereocenters. The summed E-state index contributed by atoms with van der Waals surface area (Å²) < 4.78 is 5.68. The molecule has 0 unspecified atom stereocenters. The molecule has 0 aliphatic carbocycles.